The number of phenols is 1. The highest BCUT2D eigenvalue weighted by molar-refractivity contribution is 5.86. The predicted octanol–water partition coefficient (Wildman–Crippen LogP) is 2.80. The van der Waals surface area contributed by atoms with E-state index >= 15 is 0 Å². The van der Waals surface area contributed by atoms with Crippen molar-refractivity contribution in [3.8, 4) is 18.1 Å². The highest BCUT2D eigenvalue weighted by atomic mass is 19.1. The molecule has 0 amide bonds. The van der Waals surface area contributed by atoms with Gasteiger partial charge >= 0.3 is 0 Å². The van der Waals surface area contributed by atoms with Crippen molar-refractivity contribution in [2.24, 2.45) is 0 Å². The van der Waals surface area contributed by atoms with Gasteiger partial charge in [0.1, 0.15) is 17.4 Å². The molecule has 2 aromatic carbocycles. The minimum Gasteiger partial charge on any atom is -0.508 e. The molecule has 0 spiro atoms. The molecule has 0 saturated carbocycles. The Morgan fingerprint density at radius 2 is 1.93 bits per heavy atom. The summed E-state index contributed by atoms with van der Waals surface area (Å²) in [5.41, 5.74) is -0.381. The summed E-state index contributed by atoms with van der Waals surface area (Å²) in [4.78, 5) is 0. The van der Waals surface area contributed by atoms with E-state index in [4.69, 9.17) is 11.5 Å². The summed E-state index contributed by atoms with van der Waals surface area (Å²) >= 11 is 0. The van der Waals surface area contributed by atoms with Crippen LogP contribution in [-0.2, 0) is 0 Å². The topological polar surface area (TPSA) is 20.2 Å². The maximum absolute atomic E-state index is 13.6. The number of hydrogen-bond acceptors (Lipinski definition) is 1. The van der Waals surface area contributed by atoms with Gasteiger partial charge in [-0.2, -0.15) is 0 Å². The van der Waals surface area contributed by atoms with Gasteiger partial charge in [-0.25, -0.2) is 8.78 Å². The van der Waals surface area contributed by atoms with Gasteiger partial charge in [-0.1, -0.05) is 5.92 Å². The van der Waals surface area contributed by atoms with E-state index in [1.165, 1.54) is 18.2 Å². The summed E-state index contributed by atoms with van der Waals surface area (Å²) in [6, 6.07) is 5.07. The van der Waals surface area contributed by atoms with Gasteiger partial charge in [-0.15, -0.1) is 6.42 Å². The molecule has 0 aromatic heterocycles. The number of phenolic OH excluding ortho intramolecular Hbond substituents is 1. The second-order valence-electron chi connectivity index (χ2n) is 3.10. The van der Waals surface area contributed by atoms with Crippen molar-refractivity contribution >= 4 is 10.8 Å². The lowest BCUT2D eigenvalue weighted by atomic mass is 10.1. The van der Waals surface area contributed by atoms with Gasteiger partial charge in [0.15, 0.2) is 0 Å². The third-order valence-electron chi connectivity index (χ3n) is 2.16. The van der Waals surface area contributed by atoms with Gasteiger partial charge in [0.05, 0.1) is 5.56 Å². The van der Waals surface area contributed by atoms with Gasteiger partial charge in [0, 0.05) is 5.39 Å². The highest BCUT2D eigenvalue weighted by Crippen LogP contribution is 2.26. The van der Waals surface area contributed by atoms with E-state index in [0.29, 0.717) is 0 Å². The van der Waals surface area contributed by atoms with E-state index in [2.05, 4.69) is 0 Å². The summed E-state index contributed by atoms with van der Waals surface area (Å²) in [5, 5.41) is 9.63. The van der Waals surface area contributed by atoms with Gasteiger partial charge in [0.2, 0.25) is 0 Å². The van der Waals surface area contributed by atoms with E-state index in [1.54, 1.807) is 0 Å². The molecule has 74 valence electrons. The van der Waals surface area contributed by atoms with Crippen molar-refractivity contribution < 1.29 is 13.9 Å². The summed E-state index contributed by atoms with van der Waals surface area (Å²) in [6.45, 7) is 0. The molecular weight excluding hydrogens is 198 g/mol. The Bertz CT molecular complexity index is 582. The first-order valence-electron chi connectivity index (χ1n) is 4.21. The lowest BCUT2D eigenvalue weighted by Crippen LogP contribution is -1.91. The number of terminal acetylenes is 1. The zero-order chi connectivity index (χ0) is 11.0. The highest BCUT2D eigenvalue weighted by Gasteiger charge is 2.11. The van der Waals surface area contributed by atoms with E-state index in [1.807, 2.05) is 5.92 Å². The number of hydrogen-bond donors (Lipinski definition) is 1. The quantitative estimate of drug-likeness (QED) is 0.654. The van der Waals surface area contributed by atoms with Crippen LogP contribution in [0.4, 0.5) is 8.78 Å². The molecule has 0 bridgehead atoms. The Morgan fingerprint density at radius 3 is 2.60 bits per heavy atom. The molecule has 0 heterocycles. The molecule has 2 rings (SSSR count). The van der Waals surface area contributed by atoms with Crippen molar-refractivity contribution in [3.63, 3.8) is 0 Å². The number of benzene rings is 2. The molecule has 0 radical (unpaired) electrons. The van der Waals surface area contributed by atoms with Crippen LogP contribution in [0.3, 0.4) is 0 Å². The monoisotopic (exact) mass is 204 g/mol. The van der Waals surface area contributed by atoms with Gasteiger partial charge in [-0.05, 0) is 29.7 Å². The van der Waals surface area contributed by atoms with Crippen molar-refractivity contribution in [3.05, 3.63) is 41.5 Å². The largest absolute Gasteiger partial charge is 0.508 e. The van der Waals surface area contributed by atoms with Crippen molar-refractivity contribution in [2.75, 3.05) is 0 Å². The molecule has 0 aliphatic rings. The molecule has 1 N–H and O–H groups in total. The van der Waals surface area contributed by atoms with Gasteiger partial charge in [-0.3, -0.25) is 0 Å². The van der Waals surface area contributed by atoms with Crippen LogP contribution in [0.2, 0.25) is 0 Å². The Kier molecular flexibility index (Phi) is 2.05. The molecule has 0 aliphatic heterocycles. The van der Waals surface area contributed by atoms with Crippen molar-refractivity contribution in [2.45, 2.75) is 0 Å². The maximum Gasteiger partial charge on any atom is 0.149 e. The Labute approximate surface area is 85.0 Å². The zero-order valence-electron chi connectivity index (χ0n) is 7.59. The van der Waals surface area contributed by atoms with Crippen LogP contribution in [0.5, 0.6) is 5.75 Å². The minimum absolute atomic E-state index is 0.0465. The second kappa shape index (κ2) is 3.25. The van der Waals surface area contributed by atoms with Crippen LogP contribution >= 0.6 is 0 Å². The van der Waals surface area contributed by atoms with E-state index in [9.17, 15) is 8.78 Å². The van der Waals surface area contributed by atoms with Crippen LogP contribution in [0.15, 0.2) is 24.3 Å². The Morgan fingerprint density at radius 1 is 1.20 bits per heavy atom. The molecule has 0 saturated heterocycles. The van der Waals surface area contributed by atoms with Crippen molar-refractivity contribution in [1.29, 1.82) is 0 Å². The average molecular weight is 204 g/mol. The first-order chi connectivity index (χ1) is 7.13. The molecule has 15 heavy (non-hydrogen) atoms. The van der Waals surface area contributed by atoms with E-state index in [-0.39, 0.29) is 22.1 Å². The van der Waals surface area contributed by atoms with Crippen LogP contribution in [0.1, 0.15) is 5.56 Å². The molecule has 3 heteroatoms. The predicted molar refractivity (Wildman–Crippen MR) is 53.5 cm³/mol. The first kappa shape index (κ1) is 9.47. The van der Waals surface area contributed by atoms with Crippen LogP contribution in [0, 0.1) is 24.0 Å². The fourth-order valence-electron chi connectivity index (χ4n) is 1.45. The number of aromatic hydroxyl groups is 1. The molecule has 1 nitrogen and oxygen atoms in total. The second-order valence-corrected chi connectivity index (χ2v) is 3.10. The fraction of sp³-hybridized carbons (Fsp3) is 0. The minimum atomic E-state index is -0.798. The Hall–Kier alpha value is -2.08. The number of fused-ring (bicyclic) bond motifs is 1. The molecule has 0 unspecified atom stereocenters. The normalized spacial score (nSPS) is 10.2. The van der Waals surface area contributed by atoms with Gasteiger partial charge in [0.25, 0.3) is 0 Å². The number of rotatable bonds is 0. The lowest BCUT2D eigenvalue weighted by Gasteiger charge is -2.03. The first-order valence-corrected chi connectivity index (χ1v) is 4.21. The summed E-state index contributed by atoms with van der Waals surface area (Å²) < 4.78 is 26.8. The summed E-state index contributed by atoms with van der Waals surface area (Å²) in [7, 11) is 0. The Balaban J connectivity index is 2.92. The lowest BCUT2D eigenvalue weighted by molar-refractivity contribution is 0.476. The third kappa shape index (κ3) is 1.40. The average Bonchev–Trinajstić information content (AvgIpc) is 2.17. The standard InChI is InChI=1S/C12H6F2O/c1-2-9-11(13)6-7-5-8(15)3-4-10(7)12(9)14/h1,3-6,15H. The SMILES string of the molecule is C#Cc1c(F)cc2cc(O)ccc2c1F. The van der Waals surface area contributed by atoms with Gasteiger partial charge < -0.3 is 5.11 Å². The number of halogens is 2. The van der Waals surface area contributed by atoms with Crippen LogP contribution in [-0.4, -0.2) is 5.11 Å². The third-order valence-corrected chi connectivity index (χ3v) is 2.16. The fourth-order valence-corrected chi connectivity index (χ4v) is 1.45. The molecule has 2 aromatic rings. The molecule has 0 aliphatic carbocycles. The molecule has 0 fully saturated rings. The van der Waals surface area contributed by atoms with Crippen LogP contribution < -0.4 is 0 Å². The van der Waals surface area contributed by atoms with E-state index < -0.39 is 11.6 Å². The maximum atomic E-state index is 13.6. The molecule has 0 atom stereocenters. The zero-order valence-corrected chi connectivity index (χ0v) is 7.59. The molecular formula is C12H6F2O. The smallest absolute Gasteiger partial charge is 0.149 e. The summed E-state index contributed by atoms with van der Waals surface area (Å²) in [5.74, 6) is 0.342. The van der Waals surface area contributed by atoms with Crippen molar-refractivity contribution in [1.82, 2.24) is 0 Å². The van der Waals surface area contributed by atoms with E-state index in [0.717, 1.165) is 6.07 Å². The summed E-state index contributed by atoms with van der Waals surface area (Å²) in [6.07, 6.45) is 4.99. The van der Waals surface area contributed by atoms with Crippen LogP contribution in [0.25, 0.3) is 10.8 Å².